The highest BCUT2D eigenvalue weighted by Crippen LogP contribution is 2.14. The topological polar surface area (TPSA) is 49.1 Å². The largest absolute Gasteiger partial charge is 0.453 e. The molecule has 0 radical (unpaired) electrons. The maximum atomic E-state index is 11.8. The van der Waals surface area contributed by atoms with E-state index in [1.807, 2.05) is 17.8 Å². The summed E-state index contributed by atoms with van der Waals surface area (Å²) >= 11 is 3.31. The van der Waals surface area contributed by atoms with Crippen molar-refractivity contribution in [2.75, 3.05) is 0 Å². The number of aromatic nitrogens is 3. The van der Waals surface area contributed by atoms with Crippen molar-refractivity contribution in [3.05, 3.63) is 40.6 Å². The van der Waals surface area contributed by atoms with Crippen molar-refractivity contribution in [1.82, 2.24) is 14.1 Å². The van der Waals surface area contributed by atoms with Crippen LogP contribution in [0, 0.1) is 0 Å². The highest BCUT2D eigenvalue weighted by atomic mass is 79.9. The average molecular weight is 298 g/mol. The standard InChI is InChI=1S/C11H12BrN3O2/c1-14-4-3-13-10(14)7-17-11(16)9-5-8(12)6-15(9)2/h3-6H,7H2,1-2H3. The molecule has 2 rings (SSSR count). The van der Waals surface area contributed by atoms with Crippen molar-refractivity contribution in [2.24, 2.45) is 14.1 Å². The first-order chi connectivity index (χ1) is 8.08. The molecule has 6 heteroatoms. The Balaban J connectivity index is 2.03. The van der Waals surface area contributed by atoms with E-state index in [0.717, 1.165) is 4.47 Å². The Morgan fingerprint density at radius 2 is 2.24 bits per heavy atom. The third-order valence-electron chi connectivity index (χ3n) is 2.43. The van der Waals surface area contributed by atoms with Gasteiger partial charge < -0.3 is 13.9 Å². The van der Waals surface area contributed by atoms with E-state index in [1.54, 1.807) is 30.1 Å². The van der Waals surface area contributed by atoms with Gasteiger partial charge in [-0.2, -0.15) is 0 Å². The fourth-order valence-corrected chi connectivity index (χ4v) is 1.99. The maximum Gasteiger partial charge on any atom is 0.355 e. The summed E-state index contributed by atoms with van der Waals surface area (Å²) in [5, 5.41) is 0. The minimum Gasteiger partial charge on any atom is -0.453 e. The monoisotopic (exact) mass is 297 g/mol. The number of carbonyl (C=O) groups excluding carboxylic acids is 1. The summed E-state index contributed by atoms with van der Waals surface area (Å²) < 4.78 is 9.56. The fraction of sp³-hybridized carbons (Fsp3) is 0.273. The predicted octanol–water partition coefficient (Wildman–Crippen LogP) is 1.88. The Morgan fingerprint density at radius 3 is 2.76 bits per heavy atom. The van der Waals surface area contributed by atoms with Crippen LogP contribution < -0.4 is 0 Å². The summed E-state index contributed by atoms with van der Waals surface area (Å²) in [5.74, 6) is 0.354. The lowest BCUT2D eigenvalue weighted by molar-refractivity contribution is 0.0448. The molecule has 90 valence electrons. The molecule has 0 bridgehead atoms. The third-order valence-corrected chi connectivity index (χ3v) is 2.87. The molecule has 2 heterocycles. The number of halogens is 1. The van der Waals surface area contributed by atoms with Crippen molar-refractivity contribution >= 4 is 21.9 Å². The summed E-state index contributed by atoms with van der Waals surface area (Å²) in [5.41, 5.74) is 0.506. The van der Waals surface area contributed by atoms with Crippen LogP contribution in [0.3, 0.4) is 0 Å². The van der Waals surface area contributed by atoms with Gasteiger partial charge in [0.2, 0.25) is 0 Å². The lowest BCUT2D eigenvalue weighted by atomic mass is 10.4. The molecule has 2 aromatic heterocycles. The lowest BCUT2D eigenvalue weighted by Crippen LogP contribution is -2.11. The smallest absolute Gasteiger partial charge is 0.355 e. The van der Waals surface area contributed by atoms with Crippen molar-refractivity contribution in [2.45, 2.75) is 6.61 Å². The van der Waals surface area contributed by atoms with Gasteiger partial charge in [-0.15, -0.1) is 0 Å². The minimum atomic E-state index is -0.360. The molecule has 0 saturated carbocycles. The van der Waals surface area contributed by atoms with Crippen LogP contribution in [0.15, 0.2) is 29.1 Å². The number of hydrogen-bond acceptors (Lipinski definition) is 3. The quantitative estimate of drug-likeness (QED) is 0.813. The van der Waals surface area contributed by atoms with E-state index < -0.39 is 0 Å². The first kappa shape index (κ1) is 11.9. The van der Waals surface area contributed by atoms with Gasteiger partial charge in [0.15, 0.2) is 0 Å². The number of aryl methyl sites for hydroxylation is 2. The Hall–Kier alpha value is -1.56. The Morgan fingerprint density at radius 1 is 1.47 bits per heavy atom. The van der Waals surface area contributed by atoms with Crippen LogP contribution in [0.5, 0.6) is 0 Å². The second kappa shape index (κ2) is 4.75. The Bertz CT molecular complexity index is 545. The van der Waals surface area contributed by atoms with E-state index in [0.29, 0.717) is 11.5 Å². The number of hydrogen-bond donors (Lipinski definition) is 0. The number of nitrogens with zero attached hydrogens (tertiary/aromatic N) is 3. The Kier molecular flexibility index (Phi) is 3.33. The van der Waals surface area contributed by atoms with Crippen LogP contribution in [-0.2, 0) is 25.4 Å². The first-order valence-electron chi connectivity index (χ1n) is 5.03. The molecule has 0 unspecified atom stereocenters. The zero-order chi connectivity index (χ0) is 12.4. The second-order valence-corrected chi connectivity index (χ2v) is 4.60. The van der Waals surface area contributed by atoms with Crippen molar-refractivity contribution in [3.8, 4) is 0 Å². The van der Waals surface area contributed by atoms with Crippen LogP contribution >= 0.6 is 15.9 Å². The van der Waals surface area contributed by atoms with Gasteiger partial charge in [-0.3, -0.25) is 0 Å². The van der Waals surface area contributed by atoms with Gasteiger partial charge in [0.1, 0.15) is 18.1 Å². The van der Waals surface area contributed by atoms with Gasteiger partial charge in [0.25, 0.3) is 0 Å². The van der Waals surface area contributed by atoms with E-state index >= 15 is 0 Å². The van der Waals surface area contributed by atoms with Gasteiger partial charge in [-0.1, -0.05) is 0 Å². The van der Waals surface area contributed by atoms with Crippen molar-refractivity contribution in [1.29, 1.82) is 0 Å². The molecule has 17 heavy (non-hydrogen) atoms. The normalized spacial score (nSPS) is 10.5. The Labute approximate surface area is 107 Å². The fourth-order valence-electron chi connectivity index (χ4n) is 1.47. The number of esters is 1. The maximum absolute atomic E-state index is 11.8. The minimum absolute atomic E-state index is 0.172. The van der Waals surface area contributed by atoms with Gasteiger partial charge in [0.05, 0.1) is 0 Å². The molecule has 0 fully saturated rings. The molecular formula is C11H12BrN3O2. The summed E-state index contributed by atoms with van der Waals surface area (Å²) in [6.07, 6.45) is 5.28. The van der Waals surface area contributed by atoms with E-state index in [1.165, 1.54) is 0 Å². The van der Waals surface area contributed by atoms with Crippen molar-refractivity contribution in [3.63, 3.8) is 0 Å². The molecule has 0 aromatic carbocycles. The zero-order valence-corrected chi connectivity index (χ0v) is 11.1. The second-order valence-electron chi connectivity index (χ2n) is 3.68. The molecule has 0 amide bonds. The first-order valence-corrected chi connectivity index (χ1v) is 5.82. The van der Waals surface area contributed by atoms with E-state index in [2.05, 4.69) is 20.9 Å². The molecular weight excluding hydrogens is 286 g/mol. The SMILES string of the molecule is Cn1cc(Br)cc1C(=O)OCc1nccn1C. The van der Waals surface area contributed by atoms with Crippen LogP contribution in [0.25, 0.3) is 0 Å². The van der Waals surface area contributed by atoms with Crippen molar-refractivity contribution < 1.29 is 9.53 Å². The average Bonchev–Trinajstić information content (AvgIpc) is 2.81. The summed E-state index contributed by atoms with van der Waals surface area (Å²) in [6.45, 7) is 0.172. The summed E-state index contributed by atoms with van der Waals surface area (Å²) in [6, 6.07) is 1.72. The zero-order valence-electron chi connectivity index (χ0n) is 9.55. The molecule has 0 aliphatic heterocycles. The molecule has 0 aliphatic rings. The highest BCUT2D eigenvalue weighted by molar-refractivity contribution is 9.10. The third kappa shape index (κ3) is 2.58. The number of imidazole rings is 1. The number of carbonyl (C=O) groups is 1. The molecule has 0 atom stereocenters. The van der Waals surface area contributed by atoms with Crippen LogP contribution in [-0.4, -0.2) is 20.1 Å². The van der Waals surface area contributed by atoms with E-state index in [4.69, 9.17) is 4.74 Å². The number of rotatable bonds is 3. The molecule has 2 aromatic rings. The van der Waals surface area contributed by atoms with Gasteiger partial charge in [0, 0.05) is 37.2 Å². The summed E-state index contributed by atoms with van der Waals surface area (Å²) in [7, 11) is 3.65. The number of ether oxygens (including phenoxy) is 1. The van der Waals surface area contributed by atoms with Crippen LogP contribution in [0.1, 0.15) is 16.3 Å². The van der Waals surface area contributed by atoms with Crippen LogP contribution in [0.4, 0.5) is 0 Å². The predicted molar refractivity (Wildman–Crippen MR) is 65.4 cm³/mol. The van der Waals surface area contributed by atoms with Crippen LogP contribution in [0.2, 0.25) is 0 Å². The molecule has 0 spiro atoms. The van der Waals surface area contributed by atoms with Gasteiger partial charge in [-0.25, -0.2) is 9.78 Å². The van der Waals surface area contributed by atoms with Gasteiger partial charge in [-0.05, 0) is 22.0 Å². The molecule has 0 N–H and O–H groups in total. The summed E-state index contributed by atoms with van der Waals surface area (Å²) in [4.78, 5) is 15.9. The highest BCUT2D eigenvalue weighted by Gasteiger charge is 2.13. The lowest BCUT2D eigenvalue weighted by Gasteiger charge is -2.05. The molecule has 0 aliphatic carbocycles. The van der Waals surface area contributed by atoms with E-state index in [-0.39, 0.29) is 12.6 Å². The van der Waals surface area contributed by atoms with E-state index in [9.17, 15) is 4.79 Å². The molecule has 5 nitrogen and oxygen atoms in total. The molecule has 0 saturated heterocycles. The van der Waals surface area contributed by atoms with Gasteiger partial charge >= 0.3 is 5.97 Å².